The number of nitrogens with zero attached hydrogens (tertiary/aromatic N) is 1. The topological polar surface area (TPSA) is 79.2 Å². The van der Waals surface area contributed by atoms with Crippen molar-refractivity contribution in [2.24, 2.45) is 5.92 Å². The van der Waals surface area contributed by atoms with Crippen molar-refractivity contribution in [2.75, 3.05) is 12.9 Å². The number of nitriles is 1. The average Bonchev–Trinajstić information content (AvgIpc) is 2.34. The monoisotopic (exact) mass is 272 g/mol. The number of amides is 1. The van der Waals surface area contributed by atoms with Crippen LogP contribution in [-0.4, -0.2) is 35.5 Å². The van der Waals surface area contributed by atoms with Crippen molar-refractivity contribution in [3.63, 3.8) is 0 Å². The van der Waals surface area contributed by atoms with Crippen LogP contribution in [0.2, 0.25) is 0 Å². The van der Waals surface area contributed by atoms with Crippen molar-refractivity contribution in [2.45, 2.75) is 38.5 Å². The summed E-state index contributed by atoms with van der Waals surface area (Å²) >= 11 is 1.18. The number of methoxy groups -OCH3 is 1. The Morgan fingerprint density at radius 1 is 1.44 bits per heavy atom. The first-order chi connectivity index (χ1) is 8.26. The van der Waals surface area contributed by atoms with Crippen molar-refractivity contribution in [3.05, 3.63) is 0 Å². The Balaban J connectivity index is 4.29. The number of rotatable bonds is 6. The maximum atomic E-state index is 11.7. The normalized spacial score (nSPS) is 15.4. The smallest absolute Gasteiger partial charge is 0.318 e. The second kappa shape index (κ2) is 7.27. The quantitative estimate of drug-likeness (QED) is 0.738. The van der Waals surface area contributed by atoms with E-state index >= 15 is 0 Å². The van der Waals surface area contributed by atoms with Gasteiger partial charge in [0, 0.05) is 0 Å². The number of hydrogen-bond donors (Lipinski definition) is 1. The lowest BCUT2D eigenvalue weighted by Gasteiger charge is -2.27. The second-order valence-corrected chi connectivity index (χ2v) is 5.82. The summed E-state index contributed by atoms with van der Waals surface area (Å²) < 4.78 is 4.56. The number of thioether (sulfide) groups is 1. The number of hydrogen-bond acceptors (Lipinski definition) is 5. The Bertz CT molecular complexity index is 352. The van der Waals surface area contributed by atoms with Crippen molar-refractivity contribution in [1.29, 1.82) is 5.26 Å². The van der Waals surface area contributed by atoms with E-state index in [0.29, 0.717) is 0 Å². The summed E-state index contributed by atoms with van der Waals surface area (Å²) in [5, 5.41) is 11.3. The van der Waals surface area contributed by atoms with Gasteiger partial charge in [-0.15, -0.1) is 11.8 Å². The molecule has 0 rings (SSSR count). The van der Waals surface area contributed by atoms with Crippen molar-refractivity contribution >= 4 is 23.6 Å². The van der Waals surface area contributed by atoms with E-state index in [1.165, 1.54) is 18.9 Å². The Morgan fingerprint density at radius 2 is 2.00 bits per heavy atom. The van der Waals surface area contributed by atoms with E-state index in [9.17, 15) is 9.59 Å². The number of carbonyl (C=O) groups excluding carboxylic acids is 2. The molecule has 18 heavy (non-hydrogen) atoms. The molecule has 0 radical (unpaired) electrons. The van der Waals surface area contributed by atoms with E-state index in [1.54, 1.807) is 13.8 Å². The SMILES string of the molecule is COC(=O)C(C)SCC(=O)NC(C)(C#N)C(C)C. The molecule has 0 aromatic heterocycles. The van der Waals surface area contributed by atoms with Gasteiger partial charge in [0.25, 0.3) is 0 Å². The predicted octanol–water partition coefficient (Wildman–Crippen LogP) is 1.34. The van der Waals surface area contributed by atoms with Gasteiger partial charge < -0.3 is 10.1 Å². The van der Waals surface area contributed by atoms with Gasteiger partial charge >= 0.3 is 5.97 Å². The molecule has 0 bridgehead atoms. The minimum atomic E-state index is -0.883. The van der Waals surface area contributed by atoms with Crippen molar-refractivity contribution in [3.8, 4) is 6.07 Å². The van der Waals surface area contributed by atoms with Crippen LogP contribution in [0.4, 0.5) is 0 Å². The lowest BCUT2D eigenvalue weighted by atomic mass is 9.90. The first-order valence-corrected chi connectivity index (χ1v) is 6.73. The molecule has 6 heteroatoms. The maximum Gasteiger partial charge on any atom is 0.318 e. The molecule has 102 valence electrons. The van der Waals surface area contributed by atoms with Gasteiger partial charge in [-0.25, -0.2) is 0 Å². The van der Waals surface area contributed by atoms with Gasteiger partial charge in [0.2, 0.25) is 5.91 Å². The zero-order chi connectivity index (χ0) is 14.3. The summed E-state index contributed by atoms with van der Waals surface area (Å²) in [5.41, 5.74) is -0.883. The summed E-state index contributed by atoms with van der Waals surface area (Å²) in [6.07, 6.45) is 0. The largest absolute Gasteiger partial charge is 0.468 e. The molecule has 0 spiro atoms. The fourth-order valence-electron chi connectivity index (χ4n) is 1.06. The lowest BCUT2D eigenvalue weighted by molar-refractivity contribution is -0.139. The predicted molar refractivity (Wildman–Crippen MR) is 70.9 cm³/mol. The van der Waals surface area contributed by atoms with Crippen molar-refractivity contribution < 1.29 is 14.3 Å². The van der Waals surface area contributed by atoms with Crippen LogP contribution in [0.1, 0.15) is 27.7 Å². The summed E-state index contributed by atoms with van der Waals surface area (Å²) in [4.78, 5) is 22.8. The zero-order valence-corrected chi connectivity index (χ0v) is 12.3. The van der Waals surface area contributed by atoms with Crippen LogP contribution >= 0.6 is 11.8 Å². The van der Waals surface area contributed by atoms with Gasteiger partial charge in [0.15, 0.2) is 0 Å². The third-order valence-electron chi connectivity index (χ3n) is 2.78. The van der Waals surface area contributed by atoms with Crippen LogP contribution in [-0.2, 0) is 14.3 Å². The minimum Gasteiger partial charge on any atom is -0.468 e. The first-order valence-electron chi connectivity index (χ1n) is 5.68. The molecule has 2 unspecified atom stereocenters. The molecule has 0 aliphatic heterocycles. The Morgan fingerprint density at radius 3 is 2.39 bits per heavy atom. The fourth-order valence-corrected chi connectivity index (χ4v) is 1.77. The highest BCUT2D eigenvalue weighted by molar-refractivity contribution is 8.01. The molecule has 0 saturated carbocycles. The second-order valence-electron chi connectivity index (χ2n) is 4.49. The van der Waals surface area contributed by atoms with Gasteiger partial charge in [-0.05, 0) is 19.8 Å². The first kappa shape index (κ1) is 16.8. The molecule has 0 aliphatic carbocycles. The molecule has 1 amide bonds. The van der Waals surface area contributed by atoms with E-state index in [2.05, 4.69) is 16.1 Å². The number of nitrogens with one attached hydrogen (secondary N) is 1. The lowest BCUT2D eigenvalue weighted by Crippen LogP contribution is -2.49. The molecular weight excluding hydrogens is 252 g/mol. The van der Waals surface area contributed by atoms with Gasteiger partial charge in [-0.2, -0.15) is 5.26 Å². The molecule has 0 aliphatic rings. The van der Waals surface area contributed by atoms with Crippen LogP contribution in [0, 0.1) is 17.2 Å². The maximum absolute atomic E-state index is 11.7. The fraction of sp³-hybridized carbons (Fsp3) is 0.750. The molecule has 0 aromatic carbocycles. The Kier molecular flexibility index (Phi) is 6.77. The summed E-state index contributed by atoms with van der Waals surface area (Å²) in [7, 11) is 1.31. The molecule has 5 nitrogen and oxygen atoms in total. The standard InChI is InChI=1S/C12H20N2O3S/c1-8(2)12(4,7-13)14-10(15)6-18-9(3)11(16)17-5/h8-9H,6H2,1-5H3,(H,14,15). The third kappa shape index (κ3) is 4.96. The molecule has 1 N–H and O–H groups in total. The summed E-state index contributed by atoms with van der Waals surface area (Å²) in [6.45, 7) is 7.10. The Labute approximate surface area is 112 Å². The van der Waals surface area contributed by atoms with E-state index < -0.39 is 10.8 Å². The highest BCUT2D eigenvalue weighted by atomic mass is 32.2. The molecule has 0 fully saturated rings. The van der Waals surface area contributed by atoms with E-state index in [1.807, 2.05) is 13.8 Å². The average molecular weight is 272 g/mol. The third-order valence-corrected chi connectivity index (χ3v) is 3.90. The van der Waals surface area contributed by atoms with Crippen LogP contribution < -0.4 is 5.32 Å². The highest BCUT2D eigenvalue weighted by Gasteiger charge is 2.30. The summed E-state index contributed by atoms with van der Waals surface area (Å²) in [6, 6.07) is 2.10. The Hall–Kier alpha value is -1.22. The number of carbonyl (C=O) groups is 2. The molecule has 0 saturated heterocycles. The molecule has 0 aromatic rings. The van der Waals surface area contributed by atoms with E-state index in [-0.39, 0.29) is 23.5 Å². The van der Waals surface area contributed by atoms with E-state index in [0.717, 1.165) is 0 Å². The highest BCUT2D eigenvalue weighted by Crippen LogP contribution is 2.16. The molecule has 2 atom stereocenters. The number of esters is 1. The summed E-state index contributed by atoms with van der Waals surface area (Å²) in [5.74, 6) is -0.483. The van der Waals surface area contributed by atoms with Crippen molar-refractivity contribution in [1.82, 2.24) is 5.32 Å². The van der Waals surface area contributed by atoms with Gasteiger partial charge in [0.05, 0.1) is 18.9 Å². The van der Waals surface area contributed by atoms with Gasteiger partial charge in [-0.1, -0.05) is 13.8 Å². The van der Waals surface area contributed by atoms with Gasteiger partial charge in [-0.3, -0.25) is 9.59 Å². The van der Waals surface area contributed by atoms with Crippen LogP contribution in [0.5, 0.6) is 0 Å². The van der Waals surface area contributed by atoms with Gasteiger partial charge in [0.1, 0.15) is 10.8 Å². The van der Waals surface area contributed by atoms with Crippen LogP contribution in [0.3, 0.4) is 0 Å². The van der Waals surface area contributed by atoms with Crippen LogP contribution in [0.15, 0.2) is 0 Å². The number of ether oxygens (including phenoxy) is 1. The van der Waals surface area contributed by atoms with Crippen LogP contribution in [0.25, 0.3) is 0 Å². The molecule has 0 heterocycles. The van der Waals surface area contributed by atoms with E-state index in [4.69, 9.17) is 5.26 Å². The zero-order valence-electron chi connectivity index (χ0n) is 11.4. The minimum absolute atomic E-state index is 0.00878. The molecular formula is C12H20N2O3S.